The Labute approximate surface area is 178 Å². The van der Waals surface area contributed by atoms with Gasteiger partial charge in [0.15, 0.2) is 11.5 Å². The van der Waals surface area contributed by atoms with E-state index < -0.39 is 12.0 Å². The van der Waals surface area contributed by atoms with Crippen LogP contribution in [0.4, 0.5) is 0 Å². The molecule has 0 spiro atoms. The minimum atomic E-state index is -0.762. The van der Waals surface area contributed by atoms with Crippen LogP contribution in [0, 0.1) is 0 Å². The molecule has 0 aliphatic carbocycles. The molecule has 2 heterocycles. The molecule has 2 N–H and O–H groups in total. The van der Waals surface area contributed by atoms with E-state index in [1.807, 2.05) is 48.7 Å². The Balaban J connectivity index is 1.39. The number of fused-ring (bicyclic) bond motifs is 2. The van der Waals surface area contributed by atoms with Crippen molar-refractivity contribution in [1.29, 1.82) is 0 Å². The summed E-state index contributed by atoms with van der Waals surface area (Å²) < 4.78 is 16.0. The first-order valence-corrected chi connectivity index (χ1v) is 10.6. The Kier molecular flexibility index (Phi) is 6.13. The van der Waals surface area contributed by atoms with E-state index in [1.165, 1.54) is 18.9 Å². The van der Waals surface area contributed by atoms with Crippen molar-refractivity contribution in [1.82, 2.24) is 10.3 Å². The highest BCUT2D eigenvalue weighted by atomic mass is 32.2. The number of carbonyl (C=O) groups is 2. The van der Waals surface area contributed by atoms with Gasteiger partial charge in [-0.1, -0.05) is 18.2 Å². The van der Waals surface area contributed by atoms with Gasteiger partial charge in [-0.2, -0.15) is 0 Å². The number of benzene rings is 2. The SMILES string of the molecule is COC(=O)[C@@H](Cc1c[nH]c2ccccc12)NC(=O)CSc1ccc2c(c1)OCCO2. The van der Waals surface area contributed by atoms with E-state index in [9.17, 15) is 9.59 Å². The van der Waals surface area contributed by atoms with Gasteiger partial charge in [-0.25, -0.2) is 4.79 Å². The van der Waals surface area contributed by atoms with Crippen molar-refractivity contribution in [3.8, 4) is 11.5 Å². The van der Waals surface area contributed by atoms with Gasteiger partial charge in [-0.3, -0.25) is 4.79 Å². The molecule has 0 saturated heterocycles. The van der Waals surface area contributed by atoms with E-state index in [2.05, 4.69) is 10.3 Å². The minimum absolute atomic E-state index is 0.168. The third-order valence-corrected chi connectivity index (χ3v) is 5.80. The van der Waals surface area contributed by atoms with Gasteiger partial charge in [-0.05, 0) is 29.8 Å². The maximum Gasteiger partial charge on any atom is 0.328 e. The van der Waals surface area contributed by atoms with Crippen LogP contribution in [-0.4, -0.2) is 49.0 Å². The number of aromatic nitrogens is 1. The average molecular weight is 426 g/mol. The van der Waals surface area contributed by atoms with Gasteiger partial charge >= 0.3 is 5.97 Å². The number of rotatable bonds is 7. The average Bonchev–Trinajstić information content (AvgIpc) is 3.19. The number of ether oxygens (including phenoxy) is 3. The van der Waals surface area contributed by atoms with Crippen LogP contribution in [0.2, 0.25) is 0 Å². The highest BCUT2D eigenvalue weighted by Gasteiger charge is 2.23. The number of esters is 1. The van der Waals surface area contributed by atoms with Crippen molar-refractivity contribution in [2.24, 2.45) is 0 Å². The smallest absolute Gasteiger partial charge is 0.328 e. The summed E-state index contributed by atoms with van der Waals surface area (Å²) >= 11 is 1.37. The summed E-state index contributed by atoms with van der Waals surface area (Å²) in [5, 5.41) is 3.82. The predicted molar refractivity (Wildman–Crippen MR) is 114 cm³/mol. The van der Waals surface area contributed by atoms with Crippen molar-refractivity contribution < 1.29 is 23.8 Å². The molecule has 7 nitrogen and oxygen atoms in total. The van der Waals surface area contributed by atoms with Crippen molar-refractivity contribution >= 4 is 34.5 Å². The Morgan fingerprint density at radius 2 is 1.97 bits per heavy atom. The number of hydrogen-bond donors (Lipinski definition) is 2. The Morgan fingerprint density at radius 1 is 1.17 bits per heavy atom. The lowest BCUT2D eigenvalue weighted by molar-refractivity contribution is -0.144. The summed E-state index contributed by atoms with van der Waals surface area (Å²) in [4.78, 5) is 28.9. The van der Waals surface area contributed by atoms with E-state index in [1.54, 1.807) is 0 Å². The molecule has 3 aromatic rings. The molecule has 0 bridgehead atoms. The van der Waals surface area contributed by atoms with Crippen molar-refractivity contribution in [3.05, 3.63) is 54.2 Å². The van der Waals surface area contributed by atoms with Crippen LogP contribution in [0.3, 0.4) is 0 Å². The summed E-state index contributed by atoms with van der Waals surface area (Å²) in [5.41, 5.74) is 1.93. The highest BCUT2D eigenvalue weighted by Crippen LogP contribution is 2.34. The van der Waals surface area contributed by atoms with Gasteiger partial charge in [0.25, 0.3) is 0 Å². The normalized spacial score (nSPS) is 13.6. The summed E-state index contributed by atoms with van der Waals surface area (Å²) in [5.74, 6) is 0.835. The second kappa shape index (κ2) is 9.13. The van der Waals surface area contributed by atoms with Crippen molar-refractivity contribution in [3.63, 3.8) is 0 Å². The number of H-pyrrole nitrogens is 1. The van der Waals surface area contributed by atoms with E-state index in [4.69, 9.17) is 14.2 Å². The lowest BCUT2D eigenvalue weighted by atomic mass is 10.0. The van der Waals surface area contributed by atoms with Crippen LogP contribution < -0.4 is 14.8 Å². The zero-order valence-corrected chi connectivity index (χ0v) is 17.3. The summed E-state index contributed by atoms with van der Waals surface area (Å²) in [7, 11) is 1.32. The first-order chi connectivity index (χ1) is 14.6. The monoisotopic (exact) mass is 426 g/mol. The Morgan fingerprint density at radius 3 is 2.80 bits per heavy atom. The molecule has 30 heavy (non-hydrogen) atoms. The molecule has 1 aliphatic heterocycles. The maximum absolute atomic E-state index is 12.5. The van der Waals surface area contributed by atoms with Crippen LogP contribution in [0.15, 0.2) is 53.6 Å². The van der Waals surface area contributed by atoms with E-state index in [-0.39, 0.29) is 11.7 Å². The number of carbonyl (C=O) groups excluding carboxylic acids is 2. The maximum atomic E-state index is 12.5. The van der Waals surface area contributed by atoms with Crippen LogP contribution in [-0.2, 0) is 20.7 Å². The summed E-state index contributed by atoms with van der Waals surface area (Å²) in [6, 6.07) is 12.6. The number of amides is 1. The second-order valence-corrected chi connectivity index (χ2v) is 7.85. The molecule has 2 aromatic carbocycles. The van der Waals surface area contributed by atoms with Gasteiger partial charge in [-0.15, -0.1) is 11.8 Å². The molecule has 4 rings (SSSR count). The standard InChI is InChI=1S/C22H22N2O5S/c1-27-22(26)18(10-14-12-23-17-5-3-2-4-16(14)17)24-21(25)13-30-15-6-7-19-20(11-15)29-9-8-28-19/h2-7,11-12,18,23H,8-10,13H2,1H3,(H,24,25)/t18-/m1/s1. The fourth-order valence-corrected chi connectivity index (χ4v) is 4.09. The zero-order valence-electron chi connectivity index (χ0n) is 16.5. The van der Waals surface area contributed by atoms with Gasteiger partial charge in [0.05, 0.1) is 12.9 Å². The molecule has 0 radical (unpaired) electrons. The van der Waals surface area contributed by atoms with Crippen molar-refractivity contribution in [2.45, 2.75) is 17.4 Å². The molecule has 156 valence electrons. The summed E-state index contributed by atoms with van der Waals surface area (Å²) in [6.45, 7) is 1.05. The van der Waals surface area contributed by atoms with Gasteiger partial charge in [0, 0.05) is 28.4 Å². The Hall–Kier alpha value is -3.13. The number of methoxy groups -OCH3 is 1. The topological polar surface area (TPSA) is 89.7 Å². The first kappa shape index (κ1) is 20.2. The second-order valence-electron chi connectivity index (χ2n) is 6.80. The van der Waals surface area contributed by atoms with Gasteiger partial charge in [0.1, 0.15) is 19.3 Å². The molecule has 1 amide bonds. The number of para-hydroxylation sites is 1. The van der Waals surface area contributed by atoms with E-state index >= 15 is 0 Å². The van der Waals surface area contributed by atoms with Crippen LogP contribution in [0.5, 0.6) is 11.5 Å². The fourth-order valence-electron chi connectivity index (χ4n) is 3.35. The number of aromatic amines is 1. The van der Waals surface area contributed by atoms with E-state index in [0.717, 1.165) is 21.4 Å². The zero-order chi connectivity index (χ0) is 20.9. The van der Waals surface area contributed by atoms with Gasteiger partial charge < -0.3 is 24.5 Å². The minimum Gasteiger partial charge on any atom is -0.486 e. The molecule has 0 fully saturated rings. The third-order valence-electron chi connectivity index (χ3n) is 4.80. The summed E-state index contributed by atoms with van der Waals surface area (Å²) in [6.07, 6.45) is 2.20. The van der Waals surface area contributed by atoms with Crippen LogP contribution >= 0.6 is 11.8 Å². The molecule has 1 aromatic heterocycles. The lowest BCUT2D eigenvalue weighted by Gasteiger charge is -2.19. The number of thioether (sulfide) groups is 1. The molecular formula is C22H22N2O5S. The first-order valence-electron chi connectivity index (χ1n) is 9.58. The van der Waals surface area contributed by atoms with E-state index in [0.29, 0.717) is 31.1 Å². The van der Waals surface area contributed by atoms with Crippen LogP contribution in [0.25, 0.3) is 10.9 Å². The number of nitrogens with one attached hydrogen (secondary N) is 2. The van der Waals surface area contributed by atoms with Gasteiger partial charge in [0.2, 0.25) is 5.91 Å². The molecule has 1 atom stereocenters. The number of hydrogen-bond acceptors (Lipinski definition) is 6. The molecule has 0 unspecified atom stereocenters. The largest absolute Gasteiger partial charge is 0.486 e. The van der Waals surface area contributed by atoms with Crippen LogP contribution in [0.1, 0.15) is 5.56 Å². The Bertz CT molecular complexity index is 1060. The quantitative estimate of drug-likeness (QED) is 0.446. The molecule has 8 heteroatoms. The predicted octanol–water partition coefficient (Wildman–Crippen LogP) is 2.93. The fraction of sp³-hybridized carbons (Fsp3) is 0.273. The molecule has 0 saturated carbocycles. The molecular weight excluding hydrogens is 404 g/mol. The molecule has 1 aliphatic rings. The highest BCUT2D eigenvalue weighted by molar-refractivity contribution is 8.00. The lowest BCUT2D eigenvalue weighted by Crippen LogP contribution is -2.43. The third kappa shape index (κ3) is 4.54. The van der Waals surface area contributed by atoms with Crippen molar-refractivity contribution in [2.75, 3.05) is 26.1 Å².